The van der Waals surface area contributed by atoms with Gasteiger partial charge in [0.05, 0.1) is 18.8 Å². The topological polar surface area (TPSA) is 107 Å². The Morgan fingerprint density at radius 3 is 2.84 bits per heavy atom. The number of pyridine rings is 2. The maximum Gasteiger partial charge on any atom is 0.278 e. The number of carbonyl (C=O) groups excluding carboxylic acids is 1. The van der Waals surface area contributed by atoms with Gasteiger partial charge in [0.15, 0.2) is 0 Å². The zero-order valence-electron chi connectivity index (χ0n) is 17.1. The van der Waals surface area contributed by atoms with E-state index in [-0.39, 0.29) is 29.6 Å². The van der Waals surface area contributed by atoms with Gasteiger partial charge in [0.1, 0.15) is 16.7 Å². The molecular formula is C23H24N5O3+. The Balaban J connectivity index is 1.69. The second-order valence-electron chi connectivity index (χ2n) is 7.95. The summed E-state index contributed by atoms with van der Waals surface area (Å²) in [6.07, 6.45) is 8.47. The van der Waals surface area contributed by atoms with Crippen LogP contribution < -0.4 is 21.2 Å². The molecule has 0 spiro atoms. The van der Waals surface area contributed by atoms with Crippen molar-refractivity contribution < 1.29 is 13.8 Å². The van der Waals surface area contributed by atoms with Crippen LogP contribution in [-0.2, 0) is 6.54 Å². The summed E-state index contributed by atoms with van der Waals surface area (Å²) in [4.78, 5) is 31.1. The first-order chi connectivity index (χ1) is 15.1. The van der Waals surface area contributed by atoms with Crippen LogP contribution >= 0.6 is 0 Å². The summed E-state index contributed by atoms with van der Waals surface area (Å²) in [7, 11) is 0. The molecule has 3 N–H and O–H groups in total. The minimum atomic E-state index is -0.349. The van der Waals surface area contributed by atoms with Crippen LogP contribution in [0.5, 0.6) is 0 Å². The predicted octanol–water partition coefficient (Wildman–Crippen LogP) is 2.75. The maximum atomic E-state index is 13.3. The lowest BCUT2D eigenvalue weighted by Crippen LogP contribution is -2.47. The molecule has 1 amide bonds. The predicted molar refractivity (Wildman–Crippen MR) is 116 cm³/mol. The molecule has 8 heteroatoms. The fourth-order valence-electron chi connectivity index (χ4n) is 4.43. The van der Waals surface area contributed by atoms with Gasteiger partial charge in [0, 0.05) is 6.20 Å². The Labute approximate surface area is 178 Å². The molecule has 31 heavy (non-hydrogen) atoms. The number of rotatable bonds is 4. The van der Waals surface area contributed by atoms with Crippen LogP contribution in [-0.4, -0.2) is 15.3 Å². The van der Waals surface area contributed by atoms with E-state index in [1.54, 1.807) is 42.8 Å². The highest BCUT2D eigenvalue weighted by Crippen LogP contribution is 2.27. The summed E-state index contributed by atoms with van der Waals surface area (Å²) in [6.45, 7) is 0.238. The first kappa shape index (κ1) is 19.3. The van der Waals surface area contributed by atoms with Crippen molar-refractivity contribution in [1.82, 2.24) is 14.7 Å². The van der Waals surface area contributed by atoms with Crippen LogP contribution in [0.1, 0.15) is 54.3 Å². The molecule has 1 aliphatic rings. The van der Waals surface area contributed by atoms with E-state index in [1.165, 1.54) is 10.8 Å². The second-order valence-corrected chi connectivity index (χ2v) is 7.95. The van der Waals surface area contributed by atoms with Gasteiger partial charge >= 0.3 is 0 Å². The number of fused-ring (bicyclic) bond motifs is 2. The van der Waals surface area contributed by atoms with E-state index in [1.807, 2.05) is 10.6 Å². The average molecular weight is 418 g/mol. The summed E-state index contributed by atoms with van der Waals surface area (Å²) in [6, 6.07) is 10.6. The number of hydrogen-bond acceptors (Lipinski definition) is 5. The molecule has 4 aromatic rings. The number of amides is 1. The molecule has 158 valence electrons. The number of nitrogens with two attached hydrogens (primary N) is 1. The molecule has 1 saturated carbocycles. The third-order valence-electron chi connectivity index (χ3n) is 5.99. The molecule has 8 nitrogen and oxygen atoms in total. The molecule has 4 aromatic heterocycles. The van der Waals surface area contributed by atoms with Gasteiger partial charge in [0.2, 0.25) is 11.5 Å². The van der Waals surface area contributed by atoms with Gasteiger partial charge in [-0.25, -0.2) is 4.57 Å². The van der Waals surface area contributed by atoms with Gasteiger partial charge in [0.25, 0.3) is 17.1 Å². The summed E-state index contributed by atoms with van der Waals surface area (Å²) in [5, 5.41) is 3.22. The van der Waals surface area contributed by atoms with Crippen molar-refractivity contribution in [2.45, 2.75) is 44.7 Å². The van der Waals surface area contributed by atoms with E-state index >= 15 is 0 Å². The van der Waals surface area contributed by atoms with Crippen LogP contribution in [0.3, 0.4) is 0 Å². The van der Waals surface area contributed by atoms with Crippen molar-refractivity contribution in [2.75, 3.05) is 5.73 Å². The average Bonchev–Trinajstić information content (AvgIpc) is 3.32. The van der Waals surface area contributed by atoms with E-state index in [0.29, 0.717) is 28.3 Å². The van der Waals surface area contributed by atoms with Crippen molar-refractivity contribution in [3.05, 3.63) is 70.5 Å². The number of nitrogens with zero attached hydrogens (tertiary/aromatic N) is 3. The summed E-state index contributed by atoms with van der Waals surface area (Å²) >= 11 is 0. The maximum absolute atomic E-state index is 13.3. The summed E-state index contributed by atoms with van der Waals surface area (Å²) < 4.78 is 8.69. The molecule has 0 saturated heterocycles. The van der Waals surface area contributed by atoms with E-state index in [4.69, 9.17) is 15.1 Å². The third kappa shape index (κ3) is 3.43. The van der Waals surface area contributed by atoms with E-state index in [9.17, 15) is 9.59 Å². The fraction of sp³-hybridized carbons (Fsp3) is 0.304. The van der Waals surface area contributed by atoms with Crippen molar-refractivity contribution in [3.63, 3.8) is 0 Å². The first-order valence-electron chi connectivity index (χ1n) is 10.6. The molecule has 0 aromatic carbocycles. The Morgan fingerprint density at radius 2 is 2.06 bits per heavy atom. The molecule has 5 rings (SSSR count). The highest BCUT2D eigenvalue weighted by atomic mass is 16.3. The Morgan fingerprint density at radius 1 is 1.23 bits per heavy atom. The fourth-order valence-corrected chi connectivity index (χ4v) is 4.43. The van der Waals surface area contributed by atoms with Crippen LogP contribution in [0.2, 0.25) is 0 Å². The van der Waals surface area contributed by atoms with E-state index in [2.05, 4.69) is 5.32 Å². The van der Waals surface area contributed by atoms with Crippen LogP contribution in [0.4, 0.5) is 5.82 Å². The quantitative estimate of drug-likeness (QED) is 0.392. The summed E-state index contributed by atoms with van der Waals surface area (Å²) in [5.41, 5.74) is 7.70. The van der Waals surface area contributed by atoms with Crippen LogP contribution in [0.15, 0.2) is 58.1 Å². The van der Waals surface area contributed by atoms with Gasteiger partial charge in [-0.1, -0.05) is 17.5 Å². The zero-order chi connectivity index (χ0) is 21.4. The molecule has 0 aliphatic heterocycles. The minimum Gasteiger partial charge on any atom is -0.467 e. The number of aromatic nitrogens is 3. The summed E-state index contributed by atoms with van der Waals surface area (Å²) in [5.74, 6) is 0.627. The number of anilines is 1. The molecular weight excluding hydrogens is 394 g/mol. The van der Waals surface area contributed by atoms with E-state index in [0.717, 1.165) is 25.7 Å². The number of nitrogens with one attached hydrogen (secondary N) is 1. The molecule has 0 unspecified atom stereocenters. The second kappa shape index (κ2) is 7.86. The Bertz CT molecular complexity index is 1320. The smallest absolute Gasteiger partial charge is 0.278 e. The number of hydrogen-bond donors (Lipinski definition) is 2. The van der Waals surface area contributed by atoms with Crippen LogP contribution in [0, 0.1) is 0 Å². The van der Waals surface area contributed by atoms with Gasteiger partial charge in [-0.2, -0.15) is 0 Å². The van der Waals surface area contributed by atoms with Crippen molar-refractivity contribution in [2.24, 2.45) is 0 Å². The minimum absolute atomic E-state index is 0.104. The lowest BCUT2D eigenvalue weighted by atomic mass is 9.94. The van der Waals surface area contributed by atoms with Crippen molar-refractivity contribution >= 4 is 28.4 Å². The van der Waals surface area contributed by atoms with Gasteiger partial charge in [-0.05, 0) is 56.0 Å². The standard InChI is InChI=1S/C23H23N5O3/c24-20-17(22(29)25-14-16-9-6-12-31-16)13-18-21(28(20)15-7-2-1-3-8-15)26-19-10-4-5-11-27(19)23(18)30/h4-6,9-13,15,24H,1-3,7-8,14H2,(H,25,29)/p+1. The Hall–Kier alpha value is -3.68. The molecule has 1 aliphatic carbocycles. The number of furan rings is 1. The molecule has 0 radical (unpaired) electrons. The Kier molecular flexibility index (Phi) is 4.89. The highest BCUT2D eigenvalue weighted by molar-refractivity contribution is 6.00. The molecule has 1 fully saturated rings. The molecule has 0 atom stereocenters. The number of nitrogen functional groups attached to an aromatic ring is 1. The zero-order valence-corrected chi connectivity index (χ0v) is 17.1. The lowest BCUT2D eigenvalue weighted by Gasteiger charge is -2.23. The lowest BCUT2D eigenvalue weighted by molar-refractivity contribution is -0.689. The largest absolute Gasteiger partial charge is 0.467 e. The molecule has 4 heterocycles. The van der Waals surface area contributed by atoms with Gasteiger partial charge in [-0.15, -0.1) is 0 Å². The first-order valence-corrected chi connectivity index (χ1v) is 10.6. The molecule has 0 bridgehead atoms. The van der Waals surface area contributed by atoms with Crippen LogP contribution in [0.25, 0.3) is 16.7 Å². The number of carbonyl (C=O) groups is 1. The van der Waals surface area contributed by atoms with Crippen molar-refractivity contribution in [3.8, 4) is 0 Å². The van der Waals surface area contributed by atoms with Gasteiger partial charge in [-0.3, -0.25) is 14.0 Å². The van der Waals surface area contributed by atoms with E-state index < -0.39 is 0 Å². The normalized spacial score (nSPS) is 14.8. The monoisotopic (exact) mass is 418 g/mol. The SMILES string of the molecule is Nc1c(C(=O)NCc2ccco2)cc2c(=O)n3ccccc3nc2[n+]1C1CCCCC1. The van der Waals surface area contributed by atoms with Gasteiger partial charge < -0.3 is 15.5 Å². The third-order valence-corrected chi connectivity index (χ3v) is 5.99. The highest BCUT2D eigenvalue weighted by Gasteiger charge is 2.29. The van der Waals surface area contributed by atoms with Crippen molar-refractivity contribution in [1.29, 1.82) is 0 Å².